The van der Waals surface area contributed by atoms with E-state index in [9.17, 15) is 0 Å². The minimum absolute atomic E-state index is 0.455. The highest BCUT2D eigenvalue weighted by atomic mass is 15.1. The minimum Gasteiger partial charge on any atom is -0.291 e. The minimum atomic E-state index is -0.455. The molecular weight excluding hydrogens is 148 g/mol. The van der Waals surface area contributed by atoms with Crippen molar-refractivity contribution in [1.82, 2.24) is 4.90 Å². The zero-order valence-corrected chi connectivity index (χ0v) is 7.88. The topological polar surface area (TPSA) is 27.0 Å². The Morgan fingerprint density at radius 2 is 1.75 bits per heavy atom. The van der Waals surface area contributed by atoms with Gasteiger partial charge in [-0.25, -0.2) is 0 Å². The van der Waals surface area contributed by atoms with Crippen molar-refractivity contribution in [3.05, 3.63) is 25.3 Å². The second-order valence-electron chi connectivity index (χ2n) is 3.02. The summed E-state index contributed by atoms with van der Waals surface area (Å²) in [6.45, 7) is 7.29. The fraction of sp³-hybridized carbons (Fsp3) is 0.500. The summed E-state index contributed by atoms with van der Waals surface area (Å²) in [6, 6.07) is 2.30. The van der Waals surface area contributed by atoms with Crippen molar-refractivity contribution in [3.8, 4) is 6.07 Å². The molecular formula is C10H16N2. The lowest BCUT2D eigenvalue weighted by molar-refractivity contribution is 0.220. The van der Waals surface area contributed by atoms with E-state index in [4.69, 9.17) is 5.26 Å². The van der Waals surface area contributed by atoms with Crippen LogP contribution in [0.15, 0.2) is 25.3 Å². The Kier molecular flexibility index (Phi) is 4.31. The number of rotatable bonds is 5. The molecule has 0 radical (unpaired) electrons. The second-order valence-corrected chi connectivity index (χ2v) is 3.02. The zero-order chi connectivity index (χ0) is 9.61. The lowest BCUT2D eigenvalue weighted by atomic mass is 9.91. The van der Waals surface area contributed by atoms with Crippen LogP contribution in [0.1, 0.15) is 12.8 Å². The molecule has 12 heavy (non-hydrogen) atoms. The van der Waals surface area contributed by atoms with E-state index in [1.807, 2.05) is 19.0 Å². The summed E-state index contributed by atoms with van der Waals surface area (Å²) < 4.78 is 0. The molecule has 0 aliphatic carbocycles. The Hall–Kier alpha value is -1.07. The lowest BCUT2D eigenvalue weighted by Crippen LogP contribution is -2.41. The second kappa shape index (κ2) is 4.74. The SMILES string of the molecule is C=CCC(C#N)(CC=C)N(C)C. The van der Waals surface area contributed by atoms with Crippen molar-refractivity contribution < 1.29 is 0 Å². The first-order chi connectivity index (χ1) is 5.63. The van der Waals surface area contributed by atoms with Gasteiger partial charge in [0.15, 0.2) is 0 Å². The van der Waals surface area contributed by atoms with Gasteiger partial charge < -0.3 is 0 Å². The van der Waals surface area contributed by atoms with E-state index >= 15 is 0 Å². The molecule has 0 aromatic heterocycles. The normalized spacial score (nSPS) is 10.8. The van der Waals surface area contributed by atoms with Gasteiger partial charge in [-0.05, 0) is 26.9 Å². The maximum absolute atomic E-state index is 9.02. The Labute approximate surface area is 74.8 Å². The molecule has 66 valence electrons. The predicted octanol–water partition coefficient (Wildman–Crippen LogP) is 1.96. The van der Waals surface area contributed by atoms with Crippen molar-refractivity contribution in [1.29, 1.82) is 5.26 Å². The lowest BCUT2D eigenvalue weighted by Gasteiger charge is -2.31. The van der Waals surface area contributed by atoms with Gasteiger partial charge in [-0.1, -0.05) is 12.2 Å². The van der Waals surface area contributed by atoms with Gasteiger partial charge in [0.25, 0.3) is 0 Å². The molecule has 0 unspecified atom stereocenters. The number of hydrogen-bond acceptors (Lipinski definition) is 2. The van der Waals surface area contributed by atoms with Gasteiger partial charge in [-0.15, -0.1) is 13.2 Å². The van der Waals surface area contributed by atoms with Crippen LogP contribution in [0, 0.1) is 11.3 Å². The molecule has 2 heteroatoms. The number of nitriles is 1. The third kappa shape index (κ3) is 2.21. The Morgan fingerprint density at radius 3 is 1.92 bits per heavy atom. The molecule has 2 nitrogen and oxygen atoms in total. The van der Waals surface area contributed by atoms with Gasteiger partial charge in [0.2, 0.25) is 0 Å². The van der Waals surface area contributed by atoms with Crippen molar-refractivity contribution in [2.75, 3.05) is 14.1 Å². The highest BCUT2D eigenvalue weighted by Crippen LogP contribution is 2.21. The van der Waals surface area contributed by atoms with Crippen molar-refractivity contribution in [2.45, 2.75) is 18.4 Å². The average Bonchev–Trinajstić information content (AvgIpc) is 2.03. The van der Waals surface area contributed by atoms with Gasteiger partial charge in [-0.2, -0.15) is 5.26 Å². The average molecular weight is 164 g/mol. The van der Waals surface area contributed by atoms with Crippen LogP contribution in [0.5, 0.6) is 0 Å². The molecule has 0 aliphatic heterocycles. The van der Waals surface area contributed by atoms with Crippen LogP contribution in [-0.2, 0) is 0 Å². The Bertz CT molecular complexity index is 188. The van der Waals surface area contributed by atoms with Gasteiger partial charge in [0.1, 0.15) is 5.54 Å². The molecule has 0 aromatic rings. The first kappa shape index (κ1) is 10.9. The van der Waals surface area contributed by atoms with Gasteiger partial charge in [0.05, 0.1) is 6.07 Å². The maximum atomic E-state index is 9.02. The molecule has 0 heterocycles. The van der Waals surface area contributed by atoms with Crippen molar-refractivity contribution in [3.63, 3.8) is 0 Å². The monoisotopic (exact) mass is 164 g/mol. The van der Waals surface area contributed by atoms with E-state index in [1.54, 1.807) is 12.2 Å². The smallest absolute Gasteiger partial charge is 0.115 e. The van der Waals surface area contributed by atoms with Gasteiger partial charge >= 0.3 is 0 Å². The summed E-state index contributed by atoms with van der Waals surface area (Å²) in [4.78, 5) is 1.91. The number of hydrogen-bond donors (Lipinski definition) is 0. The van der Waals surface area contributed by atoms with Crippen LogP contribution in [-0.4, -0.2) is 24.5 Å². The zero-order valence-electron chi connectivity index (χ0n) is 7.88. The van der Waals surface area contributed by atoms with E-state index in [-0.39, 0.29) is 0 Å². The van der Waals surface area contributed by atoms with Crippen molar-refractivity contribution >= 4 is 0 Å². The fourth-order valence-electron chi connectivity index (χ4n) is 1.12. The molecule has 0 aromatic carbocycles. The Balaban J connectivity index is 4.64. The molecule has 0 fully saturated rings. The molecule has 0 bridgehead atoms. The summed E-state index contributed by atoms with van der Waals surface area (Å²) in [5.41, 5.74) is -0.455. The van der Waals surface area contributed by atoms with Crippen LogP contribution in [0.2, 0.25) is 0 Å². The third-order valence-electron chi connectivity index (χ3n) is 2.03. The largest absolute Gasteiger partial charge is 0.291 e. The molecule has 0 saturated carbocycles. The molecule has 0 rings (SSSR count). The van der Waals surface area contributed by atoms with Crippen LogP contribution in [0.4, 0.5) is 0 Å². The molecule has 0 spiro atoms. The summed E-state index contributed by atoms with van der Waals surface area (Å²) in [5.74, 6) is 0. The summed E-state index contributed by atoms with van der Waals surface area (Å²) in [6.07, 6.45) is 4.88. The molecule has 0 amide bonds. The first-order valence-electron chi connectivity index (χ1n) is 3.93. The maximum Gasteiger partial charge on any atom is 0.115 e. The van der Waals surface area contributed by atoms with Crippen molar-refractivity contribution in [2.24, 2.45) is 0 Å². The quantitative estimate of drug-likeness (QED) is 0.581. The molecule has 0 aliphatic rings. The van der Waals surface area contributed by atoms with E-state index in [2.05, 4.69) is 19.2 Å². The van der Waals surface area contributed by atoms with Crippen LogP contribution in [0.3, 0.4) is 0 Å². The molecule has 0 atom stereocenters. The number of nitrogens with zero attached hydrogens (tertiary/aromatic N) is 2. The Morgan fingerprint density at radius 1 is 1.33 bits per heavy atom. The first-order valence-corrected chi connectivity index (χ1v) is 3.93. The predicted molar refractivity (Wildman–Crippen MR) is 51.7 cm³/mol. The molecule has 0 N–H and O–H groups in total. The van der Waals surface area contributed by atoms with Crippen LogP contribution >= 0.6 is 0 Å². The molecule has 0 saturated heterocycles. The fourth-order valence-corrected chi connectivity index (χ4v) is 1.12. The van der Waals surface area contributed by atoms with E-state index in [1.165, 1.54) is 0 Å². The summed E-state index contributed by atoms with van der Waals surface area (Å²) in [7, 11) is 3.80. The van der Waals surface area contributed by atoms with Crippen LogP contribution < -0.4 is 0 Å². The third-order valence-corrected chi connectivity index (χ3v) is 2.03. The van der Waals surface area contributed by atoms with Gasteiger partial charge in [0, 0.05) is 0 Å². The standard InChI is InChI=1S/C10H16N2/c1-5-7-10(9-11,8-6-2)12(3)4/h5-6H,1-2,7-8H2,3-4H3. The summed E-state index contributed by atoms with van der Waals surface area (Å²) >= 11 is 0. The highest BCUT2D eigenvalue weighted by Gasteiger charge is 2.29. The van der Waals surface area contributed by atoms with E-state index in [0.29, 0.717) is 12.8 Å². The van der Waals surface area contributed by atoms with Crippen LogP contribution in [0.25, 0.3) is 0 Å². The van der Waals surface area contributed by atoms with E-state index in [0.717, 1.165) is 0 Å². The highest BCUT2D eigenvalue weighted by molar-refractivity contribution is 5.12. The van der Waals surface area contributed by atoms with E-state index < -0.39 is 5.54 Å². The van der Waals surface area contributed by atoms with Gasteiger partial charge in [-0.3, -0.25) is 4.90 Å². The summed E-state index contributed by atoms with van der Waals surface area (Å²) in [5, 5.41) is 9.02.